The number of hydrogen-bond donors (Lipinski definition) is 2. The quantitative estimate of drug-likeness (QED) is 0.563. The number of esters is 1. The molecule has 0 saturated heterocycles. The number of aryl methyl sites for hydroxylation is 1. The van der Waals surface area contributed by atoms with Crippen LogP contribution in [0.15, 0.2) is 35.3 Å². The molecule has 132 valence electrons. The van der Waals surface area contributed by atoms with Crippen molar-refractivity contribution in [1.82, 2.24) is 0 Å². The highest BCUT2D eigenvalue weighted by atomic mass is 35.5. The molecule has 2 rings (SSSR count). The van der Waals surface area contributed by atoms with E-state index in [0.29, 0.717) is 29.3 Å². The number of aliphatic imine (C=N–C) groups is 1. The molecular formula is C18H17Cl2NO4. The zero-order chi connectivity index (χ0) is 18.4. The van der Waals surface area contributed by atoms with E-state index in [1.165, 1.54) is 24.4 Å². The molecule has 0 saturated carbocycles. The van der Waals surface area contributed by atoms with Crippen LogP contribution in [0.2, 0.25) is 10.0 Å². The number of rotatable bonds is 6. The van der Waals surface area contributed by atoms with Crippen molar-refractivity contribution < 1.29 is 19.7 Å². The van der Waals surface area contributed by atoms with Gasteiger partial charge in [-0.15, -0.1) is 0 Å². The predicted molar refractivity (Wildman–Crippen MR) is 98.4 cm³/mol. The van der Waals surface area contributed by atoms with Crippen LogP contribution >= 0.6 is 23.2 Å². The van der Waals surface area contributed by atoms with Gasteiger partial charge in [0.1, 0.15) is 17.2 Å². The first-order chi connectivity index (χ1) is 11.9. The number of benzene rings is 2. The van der Waals surface area contributed by atoms with Crippen LogP contribution in [0.4, 0.5) is 5.69 Å². The van der Waals surface area contributed by atoms with Gasteiger partial charge in [0.25, 0.3) is 0 Å². The summed E-state index contributed by atoms with van der Waals surface area (Å²) < 4.78 is 4.89. The summed E-state index contributed by atoms with van der Waals surface area (Å²) in [5, 5.41) is 20.3. The third-order valence-corrected chi connectivity index (χ3v) is 3.87. The summed E-state index contributed by atoms with van der Waals surface area (Å²) in [6.45, 7) is 2.10. The highest BCUT2D eigenvalue weighted by molar-refractivity contribution is 6.36. The van der Waals surface area contributed by atoms with Crippen molar-refractivity contribution in [2.75, 3.05) is 6.61 Å². The molecule has 0 radical (unpaired) electrons. The van der Waals surface area contributed by atoms with Gasteiger partial charge in [-0.2, -0.15) is 0 Å². The fourth-order valence-corrected chi connectivity index (χ4v) is 2.64. The summed E-state index contributed by atoms with van der Waals surface area (Å²) in [5.74, 6) is -0.448. The summed E-state index contributed by atoms with van der Waals surface area (Å²) in [6.07, 6.45) is 2.07. The number of carbonyl (C=O) groups is 1. The van der Waals surface area contributed by atoms with Gasteiger partial charge in [-0.1, -0.05) is 29.3 Å². The van der Waals surface area contributed by atoms with Crippen molar-refractivity contribution >= 4 is 41.1 Å². The van der Waals surface area contributed by atoms with E-state index in [1.54, 1.807) is 19.1 Å². The summed E-state index contributed by atoms with van der Waals surface area (Å²) in [5.41, 5.74) is 1.46. The maximum atomic E-state index is 11.4. The molecule has 0 bridgehead atoms. The molecular weight excluding hydrogens is 365 g/mol. The minimum atomic E-state index is -0.279. The molecule has 25 heavy (non-hydrogen) atoms. The number of ether oxygens (including phenoxy) is 1. The van der Waals surface area contributed by atoms with Crippen molar-refractivity contribution in [3.05, 3.63) is 51.5 Å². The van der Waals surface area contributed by atoms with Crippen molar-refractivity contribution in [1.29, 1.82) is 0 Å². The lowest BCUT2D eigenvalue weighted by atomic mass is 10.1. The highest BCUT2D eigenvalue weighted by Gasteiger charge is 2.08. The average molecular weight is 382 g/mol. The van der Waals surface area contributed by atoms with Gasteiger partial charge in [-0.3, -0.25) is 9.79 Å². The van der Waals surface area contributed by atoms with E-state index in [0.717, 1.165) is 5.56 Å². The Bertz CT molecular complexity index is 806. The Kier molecular flexibility index (Phi) is 6.67. The van der Waals surface area contributed by atoms with E-state index in [2.05, 4.69) is 4.99 Å². The number of hydrogen-bond acceptors (Lipinski definition) is 5. The number of halogens is 2. The summed E-state index contributed by atoms with van der Waals surface area (Å²) in [6, 6.07) is 7.80. The van der Waals surface area contributed by atoms with Crippen LogP contribution in [-0.2, 0) is 16.0 Å². The number of phenols is 2. The van der Waals surface area contributed by atoms with E-state index >= 15 is 0 Å². The Morgan fingerprint density at radius 2 is 2.00 bits per heavy atom. The van der Waals surface area contributed by atoms with Crippen LogP contribution in [0, 0.1) is 0 Å². The second kappa shape index (κ2) is 8.74. The second-order valence-electron chi connectivity index (χ2n) is 5.21. The topological polar surface area (TPSA) is 79.1 Å². The number of nitrogens with zero attached hydrogens (tertiary/aromatic N) is 1. The van der Waals surface area contributed by atoms with Gasteiger partial charge in [0.15, 0.2) is 0 Å². The Morgan fingerprint density at radius 1 is 1.24 bits per heavy atom. The van der Waals surface area contributed by atoms with E-state index in [1.807, 2.05) is 0 Å². The maximum absolute atomic E-state index is 11.4. The zero-order valence-corrected chi connectivity index (χ0v) is 15.0. The minimum Gasteiger partial charge on any atom is -0.506 e. The molecule has 0 aliphatic heterocycles. The zero-order valence-electron chi connectivity index (χ0n) is 13.5. The maximum Gasteiger partial charge on any atom is 0.306 e. The van der Waals surface area contributed by atoms with Gasteiger partial charge >= 0.3 is 5.97 Å². The first-order valence-corrected chi connectivity index (χ1v) is 8.36. The molecule has 0 fully saturated rings. The minimum absolute atomic E-state index is 0.0243. The Labute approximate surface area is 155 Å². The molecule has 0 aliphatic rings. The van der Waals surface area contributed by atoms with Gasteiger partial charge in [0.2, 0.25) is 0 Å². The van der Waals surface area contributed by atoms with Gasteiger partial charge in [-0.25, -0.2) is 0 Å². The Balaban J connectivity index is 2.19. The lowest BCUT2D eigenvalue weighted by molar-refractivity contribution is -0.143. The lowest BCUT2D eigenvalue weighted by Gasteiger charge is -2.06. The van der Waals surface area contributed by atoms with Crippen LogP contribution in [0.5, 0.6) is 11.5 Å². The van der Waals surface area contributed by atoms with Gasteiger partial charge < -0.3 is 14.9 Å². The van der Waals surface area contributed by atoms with Crippen LogP contribution in [0.1, 0.15) is 24.5 Å². The molecule has 7 heteroatoms. The van der Waals surface area contributed by atoms with Crippen LogP contribution in [0.3, 0.4) is 0 Å². The molecule has 2 aromatic carbocycles. The fraction of sp³-hybridized carbons (Fsp3) is 0.222. The Morgan fingerprint density at radius 3 is 2.72 bits per heavy atom. The second-order valence-corrected chi connectivity index (χ2v) is 6.06. The lowest BCUT2D eigenvalue weighted by Crippen LogP contribution is -2.05. The molecule has 2 aromatic rings. The van der Waals surface area contributed by atoms with Crippen molar-refractivity contribution in [3.8, 4) is 11.5 Å². The summed E-state index contributed by atoms with van der Waals surface area (Å²) in [4.78, 5) is 15.6. The van der Waals surface area contributed by atoms with Crippen molar-refractivity contribution in [2.45, 2.75) is 19.8 Å². The van der Waals surface area contributed by atoms with Crippen LogP contribution < -0.4 is 0 Å². The first kappa shape index (κ1) is 19.1. The van der Waals surface area contributed by atoms with E-state index in [9.17, 15) is 15.0 Å². The van der Waals surface area contributed by atoms with Gasteiger partial charge in [-0.05, 0) is 43.2 Å². The number of carbonyl (C=O) groups excluding carboxylic acids is 1. The average Bonchev–Trinajstić information content (AvgIpc) is 2.57. The SMILES string of the molecule is CCOC(=O)CCc1ccc(O)c(N=Cc2cc(Cl)cc(Cl)c2O)c1. The van der Waals surface area contributed by atoms with Gasteiger partial charge in [0, 0.05) is 23.2 Å². The molecule has 2 N–H and O–H groups in total. The van der Waals surface area contributed by atoms with Gasteiger partial charge in [0.05, 0.1) is 11.6 Å². The van der Waals surface area contributed by atoms with E-state index in [4.69, 9.17) is 27.9 Å². The standard InChI is InChI=1S/C18H17Cl2NO4/c1-2-25-17(23)6-4-11-3-5-16(22)15(7-11)21-10-12-8-13(19)9-14(20)18(12)24/h3,5,7-10,22,24H,2,4,6H2,1H3. The predicted octanol–water partition coefficient (Wildman–Crippen LogP) is 4.65. The first-order valence-electron chi connectivity index (χ1n) is 7.60. The normalized spacial score (nSPS) is 11.0. The summed E-state index contributed by atoms with van der Waals surface area (Å²) in [7, 11) is 0. The molecule has 5 nitrogen and oxygen atoms in total. The van der Waals surface area contributed by atoms with Crippen molar-refractivity contribution in [3.63, 3.8) is 0 Å². The van der Waals surface area contributed by atoms with Crippen LogP contribution in [-0.4, -0.2) is 29.0 Å². The number of phenolic OH excluding ortho intramolecular Hbond substituents is 2. The largest absolute Gasteiger partial charge is 0.506 e. The van der Waals surface area contributed by atoms with E-state index < -0.39 is 0 Å². The van der Waals surface area contributed by atoms with Crippen LogP contribution in [0.25, 0.3) is 0 Å². The van der Waals surface area contributed by atoms with E-state index in [-0.39, 0.29) is 28.9 Å². The molecule has 0 amide bonds. The van der Waals surface area contributed by atoms with Crippen molar-refractivity contribution in [2.24, 2.45) is 4.99 Å². The number of aromatic hydroxyl groups is 2. The highest BCUT2D eigenvalue weighted by Crippen LogP contribution is 2.32. The monoisotopic (exact) mass is 381 g/mol. The molecule has 0 atom stereocenters. The molecule has 0 aliphatic carbocycles. The smallest absolute Gasteiger partial charge is 0.306 e. The molecule has 0 spiro atoms. The Hall–Kier alpha value is -2.24. The molecule has 0 unspecified atom stereocenters. The third kappa shape index (κ3) is 5.37. The molecule has 0 heterocycles. The molecule has 0 aromatic heterocycles. The fourth-order valence-electron chi connectivity index (χ4n) is 2.13. The third-order valence-electron chi connectivity index (χ3n) is 3.36. The summed E-state index contributed by atoms with van der Waals surface area (Å²) >= 11 is 11.8.